The van der Waals surface area contributed by atoms with Crippen molar-refractivity contribution >= 4 is 39.0 Å². The summed E-state index contributed by atoms with van der Waals surface area (Å²) in [6, 6.07) is 2.18. The summed E-state index contributed by atoms with van der Waals surface area (Å²) in [6.07, 6.45) is 1.62. The number of hydrogen-bond acceptors (Lipinski definition) is 5. The molecule has 17 heavy (non-hydrogen) atoms. The lowest BCUT2D eigenvalue weighted by atomic mass is 10.1. The van der Waals surface area contributed by atoms with E-state index in [2.05, 4.69) is 22.2 Å². The van der Waals surface area contributed by atoms with Crippen LogP contribution in [0.3, 0.4) is 0 Å². The Hall–Kier alpha value is -0.910. The zero-order valence-corrected chi connectivity index (χ0v) is 11.1. The van der Waals surface area contributed by atoms with Gasteiger partial charge in [-0.3, -0.25) is 0 Å². The lowest BCUT2D eigenvalue weighted by Crippen LogP contribution is -2.20. The summed E-state index contributed by atoms with van der Waals surface area (Å²) < 4.78 is 0. The van der Waals surface area contributed by atoms with Gasteiger partial charge >= 0.3 is 0 Å². The molecule has 0 spiro atoms. The number of nitrogens with one attached hydrogen (secondary N) is 1. The summed E-state index contributed by atoms with van der Waals surface area (Å²) in [5.74, 6) is 0.751. The highest BCUT2D eigenvalue weighted by atomic mass is 35.5. The average molecular weight is 272 g/mol. The number of hydrogen-bond donors (Lipinski definition) is 2. The van der Waals surface area contributed by atoms with Crippen LogP contribution in [0.4, 0.5) is 5.82 Å². The maximum Gasteiger partial charge on any atom is 0.225 e. The van der Waals surface area contributed by atoms with Crippen LogP contribution in [0.1, 0.15) is 19.8 Å². The molecule has 4 nitrogen and oxygen atoms in total. The summed E-state index contributed by atoms with van der Waals surface area (Å²) >= 11 is 7.42. The van der Waals surface area contributed by atoms with Gasteiger partial charge < -0.3 is 10.4 Å². The van der Waals surface area contributed by atoms with Gasteiger partial charge in [-0.1, -0.05) is 6.92 Å². The second-order valence-electron chi connectivity index (χ2n) is 3.74. The molecule has 0 amide bonds. The Kier molecular flexibility index (Phi) is 4.15. The topological polar surface area (TPSA) is 58.0 Å². The van der Waals surface area contributed by atoms with Crippen LogP contribution in [0.2, 0.25) is 5.28 Å². The molecular weight excluding hydrogens is 258 g/mol. The highest BCUT2D eigenvalue weighted by Gasteiger charge is 2.11. The molecule has 1 atom stereocenters. The minimum absolute atomic E-state index is 0.164. The predicted octanol–water partition coefficient (Wildman–Crippen LogP) is 2.92. The number of halogens is 1. The van der Waals surface area contributed by atoms with Crippen molar-refractivity contribution in [2.24, 2.45) is 0 Å². The Morgan fingerprint density at radius 3 is 3.06 bits per heavy atom. The second-order valence-corrected chi connectivity index (χ2v) is 4.98. The van der Waals surface area contributed by atoms with E-state index in [1.807, 2.05) is 11.4 Å². The predicted molar refractivity (Wildman–Crippen MR) is 71.8 cm³/mol. The fourth-order valence-corrected chi connectivity index (χ4v) is 2.65. The summed E-state index contributed by atoms with van der Waals surface area (Å²) in [4.78, 5) is 9.25. The van der Waals surface area contributed by atoms with Gasteiger partial charge in [-0.15, -0.1) is 11.3 Å². The summed E-state index contributed by atoms with van der Waals surface area (Å²) in [5.41, 5.74) is 0. The van der Waals surface area contributed by atoms with Crippen molar-refractivity contribution < 1.29 is 5.11 Å². The number of rotatable bonds is 5. The Balaban J connectivity index is 2.30. The van der Waals surface area contributed by atoms with Gasteiger partial charge in [-0.05, 0) is 35.9 Å². The largest absolute Gasteiger partial charge is 0.396 e. The Morgan fingerprint density at radius 2 is 2.35 bits per heavy atom. The molecule has 0 aliphatic carbocycles. The molecule has 0 aromatic carbocycles. The Bertz CT molecular complexity index is 502. The maximum atomic E-state index is 8.98. The Labute approximate surface area is 109 Å². The molecule has 2 N–H and O–H groups in total. The molecule has 0 aliphatic heterocycles. The van der Waals surface area contributed by atoms with Gasteiger partial charge in [-0.2, -0.15) is 0 Å². The molecule has 0 radical (unpaired) electrons. The zero-order valence-electron chi connectivity index (χ0n) is 9.48. The molecule has 0 bridgehead atoms. The molecule has 0 saturated carbocycles. The number of anilines is 1. The number of fused-ring (bicyclic) bond motifs is 1. The number of aliphatic hydroxyl groups excluding tert-OH is 1. The fourth-order valence-electron chi connectivity index (χ4n) is 1.67. The van der Waals surface area contributed by atoms with Gasteiger partial charge in [0, 0.05) is 12.6 Å². The molecule has 0 aliphatic rings. The van der Waals surface area contributed by atoms with E-state index in [4.69, 9.17) is 16.7 Å². The van der Waals surface area contributed by atoms with Crippen LogP contribution in [0.5, 0.6) is 0 Å². The normalized spacial score (nSPS) is 12.9. The number of aromatic nitrogens is 2. The van der Waals surface area contributed by atoms with E-state index < -0.39 is 0 Å². The van der Waals surface area contributed by atoms with Crippen LogP contribution in [-0.4, -0.2) is 27.7 Å². The highest BCUT2D eigenvalue weighted by Crippen LogP contribution is 2.27. The molecule has 1 unspecified atom stereocenters. The summed E-state index contributed by atoms with van der Waals surface area (Å²) in [5, 5.41) is 15.5. The van der Waals surface area contributed by atoms with E-state index in [1.165, 1.54) is 11.3 Å². The average Bonchev–Trinajstić information content (AvgIpc) is 2.76. The zero-order chi connectivity index (χ0) is 12.3. The van der Waals surface area contributed by atoms with Crippen molar-refractivity contribution in [1.82, 2.24) is 9.97 Å². The number of nitrogens with zero attached hydrogens (tertiary/aromatic N) is 2. The lowest BCUT2D eigenvalue weighted by Gasteiger charge is -2.16. The number of thiophene rings is 1. The third-order valence-electron chi connectivity index (χ3n) is 2.61. The third kappa shape index (κ3) is 2.86. The molecule has 0 fully saturated rings. The van der Waals surface area contributed by atoms with Crippen molar-refractivity contribution in [1.29, 1.82) is 0 Å². The molecule has 2 aromatic rings. The maximum absolute atomic E-state index is 8.98. The van der Waals surface area contributed by atoms with Gasteiger partial charge in [0.15, 0.2) is 0 Å². The molecule has 2 rings (SSSR count). The standard InChI is InChI=1S/C11H14ClN3OS/c1-2-7(3-5-16)13-9-8-4-6-17-10(8)15-11(12)14-9/h4,6-7,16H,2-3,5H2,1H3,(H,13,14,15). The van der Waals surface area contributed by atoms with E-state index in [0.29, 0.717) is 6.42 Å². The van der Waals surface area contributed by atoms with Crippen molar-refractivity contribution in [2.45, 2.75) is 25.8 Å². The quantitative estimate of drug-likeness (QED) is 0.821. The van der Waals surface area contributed by atoms with Crippen LogP contribution < -0.4 is 5.32 Å². The van der Waals surface area contributed by atoms with Crippen molar-refractivity contribution in [3.05, 3.63) is 16.7 Å². The third-order valence-corrected chi connectivity index (χ3v) is 3.58. The van der Waals surface area contributed by atoms with Crippen molar-refractivity contribution in [3.8, 4) is 0 Å². The smallest absolute Gasteiger partial charge is 0.225 e. The van der Waals surface area contributed by atoms with E-state index in [-0.39, 0.29) is 17.9 Å². The van der Waals surface area contributed by atoms with Gasteiger partial charge in [-0.25, -0.2) is 9.97 Å². The number of aliphatic hydroxyl groups is 1. The molecule has 6 heteroatoms. The van der Waals surface area contributed by atoms with Gasteiger partial charge in [0.05, 0.1) is 5.39 Å². The molecular formula is C11H14ClN3OS. The molecule has 2 heterocycles. The SMILES string of the molecule is CCC(CCO)Nc1nc(Cl)nc2sccc12. The first kappa shape index (κ1) is 12.5. The first-order valence-electron chi connectivity index (χ1n) is 5.52. The Morgan fingerprint density at radius 1 is 1.53 bits per heavy atom. The minimum Gasteiger partial charge on any atom is -0.396 e. The fraction of sp³-hybridized carbons (Fsp3) is 0.455. The van der Waals surface area contributed by atoms with Crippen LogP contribution >= 0.6 is 22.9 Å². The highest BCUT2D eigenvalue weighted by molar-refractivity contribution is 7.16. The summed E-state index contributed by atoms with van der Waals surface area (Å²) in [7, 11) is 0. The van der Waals surface area contributed by atoms with E-state index in [0.717, 1.165) is 22.5 Å². The van der Waals surface area contributed by atoms with Crippen LogP contribution in [-0.2, 0) is 0 Å². The van der Waals surface area contributed by atoms with Crippen LogP contribution in [0, 0.1) is 0 Å². The van der Waals surface area contributed by atoms with Crippen molar-refractivity contribution in [3.63, 3.8) is 0 Å². The van der Waals surface area contributed by atoms with Crippen molar-refractivity contribution in [2.75, 3.05) is 11.9 Å². The summed E-state index contributed by atoms with van der Waals surface area (Å²) in [6.45, 7) is 2.23. The lowest BCUT2D eigenvalue weighted by molar-refractivity contribution is 0.278. The molecule has 0 saturated heterocycles. The monoisotopic (exact) mass is 271 g/mol. The van der Waals surface area contributed by atoms with Gasteiger partial charge in [0.2, 0.25) is 5.28 Å². The van der Waals surface area contributed by atoms with Gasteiger partial charge in [0.25, 0.3) is 0 Å². The minimum atomic E-state index is 0.164. The second kappa shape index (κ2) is 5.62. The van der Waals surface area contributed by atoms with E-state index in [1.54, 1.807) is 0 Å². The molecule has 2 aromatic heterocycles. The first-order valence-corrected chi connectivity index (χ1v) is 6.78. The van der Waals surface area contributed by atoms with E-state index in [9.17, 15) is 0 Å². The molecule has 92 valence electrons. The van der Waals surface area contributed by atoms with Crippen LogP contribution in [0.25, 0.3) is 10.2 Å². The first-order chi connectivity index (χ1) is 8.24. The van der Waals surface area contributed by atoms with E-state index >= 15 is 0 Å². The van der Waals surface area contributed by atoms with Crippen LogP contribution in [0.15, 0.2) is 11.4 Å². The van der Waals surface area contributed by atoms with Gasteiger partial charge in [0.1, 0.15) is 10.6 Å².